The molecule has 6 nitrogen and oxygen atoms in total. The number of carbonyl (C=O) groups excluding carboxylic acids is 1. The number of para-hydroxylation sites is 2. The van der Waals surface area contributed by atoms with E-state index in [1.165, 1.54) is 24.3 Å². The molecule has 0 atom stereocenters. The Morgan fingerprint density at radius 1 is 0.962 bits per heavy atom. The van der Waals surface area contributed by atoms with Crippen molar-refractivity contribution in [2.75, 3.05) is 4.72 Å². The molecule has 0 aromatic heterocycles. The Labute approximate surface area is 154 Å². The maximum atomic E-state index is 12.6. The predicted molar refractivity (Wildman–Crippen MR) is 102 cm³/mol. The lowest BCUT2D eigenvalue weighted by Crippen LogP contribution is -2.30. The number of carbonyl (C=O) groups is 1. The number of anilines is 1. The fourth-order valence-electron chi connectivity index (χ4n) is 2.24. The maximum absolute atomic E-state index is 12.6. The summed E-state index contributed by atoms with van der Waals surface area (Å²) in [6, 6.07) is 12.6. The van der Waals surface area contributed by atoms with Gasteiger partial charge < -0.3 is 10.1 Å². The molecule has 0 aliphatic carbocycles. The van der Waals surface area contributed by atoms with Crippen LogP contribution in [0.25, 0.3) is 0 Å². The Balaban J connectivity index is 2.22. The van der Waals surface area contributed by atoms with Gasteiger partial charge in [0.1, 0.15) is 5.75 Å². The van der Waals surface area contributed by atoms with Gasteiger partial charge in [-0.2, -0.15) is 0 Å². The molecule has 0 radical (unpaired) electrons. The highest BCUT2D eigenvalue weighted by atomic mass is 32.2. The monoisotopic (exact) mass is 376 g/mol. The molecule has 0 fully saturated rings. The third kappa shape index (κ3) is 5.23. The normalized spacial score (nSPS) is 11.5. The molecule has 140 valence electrons. The number of ether oxygens (including phenoxy) is 1. The van der Waals surface area contributed by atoms with E-state index in [1.807, 2.05) is 27.7 Å². The number of rotatable bonds is 7. The lowest BCUT2D eigenvalue weighted by atomic mass is 10.2. The minimum Gasteiger partial charge on any atom is -0.489 e. The largest absolute Gasteiger partial charge is 0.489 e. The van der Waals surface area contributed by atoms with Crippen LogP contribution in [0.1, 0.15) is 38.1 Å². The third-order valence-electron chi connectivity index (χ3n) is 3.34. The molecular formula is C19H24N2O4S. The summed E-state index contributed by atoms with van der Waals surface area (Å²) in [4.78, 5) is 12.0. The molecule has 0 aliphatic heterocycles. The lowest BCUT2D eigenvalue weighted by molar-refractivity contribution is 0.0943. The molecular weight excluding hydrogens is 352 g/mol. The fraction of sp³-hybridized carbons (Fsp3) is 0.316. The van der Waals surface area contributed by atoms with Crippen molar-refractivity contribution in [3.63, 3.8) is 0 Å². The standard InChI is InChI=1S/C19H24N2O4S/c1-13(2)20-19(22)15-9-11-16(12-10-15)26(23,24)21-17-7-5-6-8-18(17)25-14(3)4/h5-14,21H,1-4H3,(H,20,22). The van der Waals surface area contributed by atoms with Gasteiger partial charge in [-0.25, -0.2) is 8.42 Å². The van der Waals surface area contributed by atoms with Crippen LogP contribution in [0.4, 0.5) is 5.69 Å². The Morgan fingerprint density at radius 2 is 1.58 bits per heavy atom. The zero-order chi connectivity index (χ0) is 19.3. The van der Waals surface area contributed by atoms with Crippen molar-refractivity contribution >= 4 is 21.6 Å². The first-order chi connectivity index (χ1) is 12.2. The van der Waals surface area contributed by atoms with E-state index in [1.54, 1.807) is 24.3 Å². The first-order valence-corrected chi connectivity index (χ1v) is 9.87. The van der Waals surface area contributed by atoms with Crippen molar-refractivity contribution in [2.45, 2.75) is 44.7 Å². The second kappa shape index (κ2) is 8.23. The Kier molecular flexibility index (Phi) is 6.26. The van der Waals surface area contributed by atoms with Crippen LogP contribution in [0, 0.1) is 0 Å². The number of hydrogen-bond donors (Lipinski definition) is 2. The van der Waals surface area contributed by atoms with E-state index in [4.69, 9.17) is 4.74 Å². The predicted octanol–water partition coefficient (Wildman–Crippen LogP) is 3.41. The van der Waals surface area contributed by atoms with Crippen LogP contribution in [-0.2, 0) is 10.0 Å². The van der Waals surface area contributed by atoms with Crippen LogP contribution in [0.5, 0.6) is 5.75 Å². The van der Waals surface area contributed by atoms with E-state index in [-0.39, 0.29) is 22.9 Å². The summed E-state index contributed by atoms with van der Waals surface area (Å²) in [7, 11) is -3.80. The van der Waals surface area contributed by atoms with Crippen LogP contribution >= 0.6 is 0 Å². The van der Waals surface area contributed by atoms with Crippen molar-refractivity contribution in [3.8, 4) is 5.75 Å². The van der Waals surface area contributed by atoms with E-state index < -0.39 is 10.0 Å². The number of benzene rings is 2. The summed E-state index contributed by atoms with van der Waals surface area (Å²) in [5.74, 6) is 0.214. The van der Waals surface area contributed by atoms with Gasteiger partial charge in [0.2, 0.25) is 0 Å². The van der Waals surface area contributed by atoms with E-state index in [9.17, 15) is 13.2 Å². The summed E-state index contributed by atoms with van der Waals surface area (Å²) in [5, 5.41) is 2.76. The average Bonchev–Trinajstić information content (AvgIpc) is 2.55. The van der Waals surface area contributed by atoms with Gasteiger partial charge in [-0.3, -0.25) is 9.52 Å². The summed E-state index contributed by atoms with van der Waals surface area (Å²) in [6.45, 7) is 7.45. The summed E-state index contributed by atoms with van der Waals surface area (Å²) < 4.78 is 33.4. The minimum absolute atomic E-state index is 0.00466. The van der Waals surface area contributed by atoms with Gasteiger partial charge in [-0.05, 0) is 64.1 Å². The van der Waals surface area contributed by atoms with Crippen LogP contribution in [0.2, 0.25) is 0 Å². The number of amides is 1. The molecule has 0 spiro atoms. The van der Waals surface area contributed by atoms with Crippen LogP contribution in [-0.4, -0.2) is 26.5 Å². The van der Waals surface area contributed by atoms with E-state index in [0.717, 1.165) is 0 Å². The maximum Gasteiger partial charge on any atom is 0.262 e. The zero-order valence-corrected chi connectivity index (χ0v) is 16.1. The first-order valence-electron chi connectivity index (χ1n) is 8.38. The van der Waals surface area contributed by atoms with E-state index in [0.29, 0.717) is 17.0 Å². The Hall–Kier alpha value is -2.54. The second-order valence-electron chi connectivity index (χ2n) is 6.42. The van der Waals surface area contributed by atoms with Crippen molar-refractivity contribution < 1.29 is 17.9 Å². The molecule has 2 rings (SSSR count). The highest BCUT2D eigenvalue weighted by Crippen LogP contribution is 2.27. The van der Waals surface area contributed by atoms with Gasteiger partial charge in [0, 0.05) is 11.6 Å². The molecule has 26 heavy (non-hydrogen) atoms. The van der Waals surface area contributed by atoms with Gasteiger partial charge in [0.25, 0.3) is 15.9 Å². The SMILES string of the molecule is CC(C)NC(=O)c1ccc(S(=O)(=O)Nc2ccccc2OC(C)C)cc1. The number of hydrogen-bond acceptors (Lipinski definition) is 4. The average molecular weight is 376 g/mol. The fourth-order valence-corrected chi connectivity index (χ4v) is 3.31. The van der Waals surface area contributed by atoms with Gasteiger partial charge in [-0.15, -0.1) is 0 Å². The lowest BCUT2D eigenvalue weighted by Gasteiger charge is -2.15. The molecule has 0 aliphatic rings. The third-order valence-corrected chi connectivity index (χ3v) is 4.72. The topological polar surface area (TPSA) is 84.5 Å². The number of nitrogens with one attached hydrogen (secondary N) is 2. The summed E-state index contributed by atoms with van der Waals surface area (Å²) >= 11 is 0. The van der Waals surface area contributed by atoms with Crippen LogP contribution in [0.15, 0.2) is 53.4 Å². The quantitative estimate of drug-likeness (QED) is 0.775. The van der Waals surface area contributed by atoms with Crippen molar-refractivity contribution in [1.82, 2.24) is 5.32 Å². The minimum atomic E-state index is -3.80. The summed E-state index contributed by atoms with van der Waals surface area (Å²) in [5.41, 5.74) is 0.768. The molecule has 2 N–H and O–H groups in total. The van der Waals surface area contributed by atoms with Crippen LogP contribution < -0.4 is 14.8 Å². The van der Waals surface area contributed by atoms with E-state index in [2.05, 4.69) is 10.0 Å². The molecule has 2 aromatic carbocycles. The molecule has 7 heteroatoms. The van der Waals surface area contributed by atoms with Crippen molar-refractivity contribution in [2.24, 2.45) is 0 Å². The van der Waals surface area contributed by atoms with Gasteiger partial charge in [0.15, 0.2) is 0 Å². The molecule has 0 bridgehead atoms. The Bertz CT molecular complexity index is 859. The highest BCUT2D eigenvalue weighted by Gasteiger charge is 2.18. The zero-order valence-electron chi connectivity index (χ0n) is 15.3. The Morgan fingerprint density at radius 3 is 2.15 bits per heavy atom. The van der Waals surface area contributed by atoms with E-state index >= 15 is 0 Å². The molecule has 0 saturated heterocycles. The second-order valence-corrected chi connectivity index (χ2v) is 8.10. The smallest absolute Gasteiger partial charge is 0.262 e. The molecule has 2 aromatic rings. The highest BCUT2D eigenvalue weighted by molar-refractivity contribution is 7.92. The number of sulfonamides is 1. The first kappa shape index (κ1) is 19.8. The van der Waals surface area contributed by atoms with Crippen molar-refractivity contribution in [1.29, 1.82) is 0 Å². The van der Waals surface area contributed by atoms with Crippen LogP contribution in [0.3, 0.4) is 0 Å². The van der Waals surface area contributed by atoms with Gasteiger partial charge >= 0.3 is 0 Å². The molecule has 1 amide bonds. The van der Waals surface area contributed by atoms with Gasteiger partial charge in [-0.1, -0.05) is 12.1 Å². The van der Waals surface area contributed by atoms with Gasteiger partial charge in [0.05, 0.1) is 16.7 Å². The molecule has 0 saturated carbocycles. The molecule has 0 heterocycles. The van der Waals surface area contributed by atoms with Crippen molar-refractivity contribution in [3.05, 3.63) is 54.1 Å². The summed E-state index contributed by atoms with van der Waals surface area (Å²) in [6.07, 6.45) is -0.0839. The molecule has 0 unspecified atom stereocenters.